The van der Waals surface area contributed by atoms with Crippen LogP contribution in [0.25, 0.3) is 0 Å². The number of amides is 2. The van der Waals surface area contributed by atoms with Gasteiger partial charge in [-0.25, -0.2) is 9.59 Å². The largest absolute Gasteiger partial charge is 0.480 e. The number of aliphatic hydroxyl groups is 1. The molecule has 6 nitrogen and oxygen atoms in total. The van der Waals surface area contributed by atoms with Crippen molar-refractivity contribution < 1.29 is 19.8 Å². The third kappa shape index (κ3) is 4.91. The first kappa shape index (κ1) is 16.7. The van der Waals surface area contributed by atoms with Gasteiger partial charge in [0.05, 0.1) is 6.61 Å². The van der Waals surface area contributed by atoms with E-state index in [4.69, 9.17) is 10.2 Å². The molecule has 0 heterocycles. The van der Waals surface area contributed by atoms with Crippen LogP contribution < -0.4 is 5.32 Å². The molecular formula is C12H24N2O4. The van der Waals surface area contributed by atoms with Crippen LogP contribution in [0.3, 0.4) is 0 Å². The summed E-state index contributed by atoms with van der Waals surface area (Å²) in [5.41, 5.74) is 0. The summed E-state index contributed by atoms with van der Waals surface area (Å²) in [5.74, 6) is -1.18. The predicted octanol–water partition coefficient (Wildman–Crippen LogP) is 0.898. The number of nitrogens with one attached hydrogen (secondary N) is 1. The minimum absolute atomic E-state index is 0.0940. The standard InChI is InChI=1S/C12H24N2O4/c1-5-9(4)10(11(16)17)13-12(18)14(6-7-15)8(2)3/h8-10,15H,5-7H2,1-4H3,(H,13,18)(H,16,17)/t9?,10-/m0/s1. The Morgan fingerprint density at radius 3 is 2.17 bits per heavy atom. The van der Waals surface area contributed by atoms with Crippen molar-refractivity contribution in [1.29, 1.82) is 0 Å². The Hall–Kier alpha value is -1.30. The molecular weight excluding hydrogens is 236 g/mol. The van der Waals surface area contributed by atoms with Crippen LogP contribution >= 0.6 is 0 Å². The molecule has 0 aromatic rings. The number of carbonyl (C=O) groups is 2. The molecule has 0 aliphatic carbocycles. The summed E-state index contributed by atoms with van der Waals surface area (Å²) in [6.07, 6.45) is 0.666. The average molecular weight is 260 g/mol. The van der Waals surface area contributed by atoms with Crippen LogP contribution in [-0.4, -0.2) is 52.3 Å². The highest BCUT2D eigenvalue weighted by Crippen LogP contribution is 2.09. The van der Waals surface area contributed by atoms with Gasteiger partial charge in [-0.1, -0.05) is 20.3 Å². The minimum atomic E-state index is -1.04. The number of carbonyl (C=O) groups excluding carboxylic acids is 1. The van der Waals surface area contributed by atoms with Gasteiger partial charge in [0, 0.05) is 12.6 Å². The zero-order valence-corrected chi connectivity index (χ0v) is 11.5. The first-order chi connectivity index (χ1) is 8.34. The number of carboxylic acids is 1. The molecule has 0 spiro atoms. The lowest BCUT2D eigenvalue weighted by Crippen LogP contribution is -2.52. The summed E-state index contributed by atoms with van der Waals surface area (Å²) in [6, 6.07) is -1.45. The monoisotopic (exact) mass is 260 g/mol. The predicted molar refractivity (Wildman–Crippen MR) is 68.3 cm³/mol. The Morgan fingerprint density at radius 2 is 1.83 bits per heavy atom. The van der Waals surface area contributed by atoms with Crippen molar-refractivity contribution in [1.82, 2.24) is 10.2 Å². The van der Waals surface area contributed by atoms with Crippen molar-refractivity contribution in [3.8, 4) is 0 Å². The molecule has 0 aromatic carbocycles. The molecule has 2 amide bonds. The van der Waals surface area contributed by atoms with Crippen molar-refractivity contribution in [3.05, 3.63) is 0 Å². The summed E-state index contributed by atoms with van der Waals surface area (Å²) in [4.78, 5) is 24.5. The quantitative estimate of drug-likeness (QED) is 0.634. The lowest BCUT2D eigenvalue weighted by Gasteiger charge is -2.29. The fraction of sp³-hybridized carbons (Fsp3) is 0.833. The Morgan fingerprint density at radius 1 is 1.28 bits per heavy atom. The molecule has 0 aliphatic rings. The van der Waals surface area contributed by atoms with Crippen LogP contribution in [0.2, 0.25) is 0 Å². The van der Waals surface area contributed by atoms with E-state index in [1.165, 1.54) is 4.90 Å². The van der Waals surface area contributed by atoms with E-state index in [1.54, 1.807) is 6.92 Å². The molecule has 0 fully saturated rings. The fourth-order valence-electron chi connectivity index (χ4n) is 1.60. The smallest absolute Gasteiger partial charge is 0.326 e. The summed E-state index contributed by atoms with van der Waals surface area (Å²) in [7, 11) is 0. The second-order valence-corrected chi connectivity index (χ2v) is 4.66. The van der Waals surface area contributed by atoms with E-state index in [-0.39, 0.29) is 25.1 Å². The number of urea groups is 1. The number of aliphatic carboxylic acids is 1. The third-order valence-electron chi connectivity index (χ3n) is 2.98. The van der Waals surface area contributed by atoms with Gasteiger partial charge in [0.1, 0.15) is 6.04 Å². The van der Waals surface area contributed by atoms with Crippen LogP contribution in [0, 0.1) is 5.92 Å². The lowest BCUT2D eigenvalue weighted by atomic mass is 9.99. The molecule has 2 atom stereocenters. The van der Waals surface area contributed by atoms with Crippen molar-refractivity contribution in [2.24, 2.45) is 5.92 Å². The topological polar surface area (TPSA) is 89.9 Å². The fourth-order valence-corrected chi connectivity index (χ4v) is 1.60. The maximum Gasteiger partial charge on any atom is 0.326 e. The molecule has 0 radical (unpaired) electrons. The summed E-state index contributed by atoms with van der Waals surface area (Å²) in [6.45, 7) is 7.33. The van der Waals surface area contributed by atoms with Crippen LogP contribution in [0.15, 0.2) is 0 Å². The highest BCUT2D eigenvalue weighted by atomic mass is 16.4. The molecule has 0 aliphatic heterocycles. The first-order valence-corrected chi connectivity index (χ1v) is 6.25. The molecule has 0 rings (SSSR count). The second kappa shape index (κ2) is 7.92. The van der Waals surface area contributed by atoms with Crippen LogP contribution in [0.1, 0.15) is 34.1 Å². The van der Waals surface area contributed by atoms with Crippen LogP contribution in [0.5, 0.6) is 0 Å². The van der Waals surface area contributed by atoms with E-state index in [1.807, 2.05) is 20.8 Å². The third-order valence-corrected chi connectivity index (χ3v) is 2.98. The van der Waals surface area contributed by atoms with E-state index >= 15 is 0 Å². The normalized spacial score (nSPS) is 14.1. The van der Waals surface area contributed by atoms with Crippen LogP contribution in [-0.2, 0) is 4.79 Å². The number of rotatable bonds is 7. The maximum atomic E-state index is 12.0. The summed E-state index contributed by atoms with van der Waals surface area (Å²) < 4.78 is 0. The number of hydrogen-bond acceptors (Lipinski definition) is 3. The Kier molecular flexibility index (Phi) is 7.35. The van der Waals surface area contributed by atoms with E-state index in [0.29, 0.717) is 6.42 Å². The number of aliphatic hydroxyl groups excluding tert-OH is 1. The lowest BCUT2D eigenvalue weighted by molar-refractivity contribution is -0.140. The van der Waals surface area contributed by atoms with Gasteiger partial charge in [0.25, 0.3) is 0 Å². The molecule has 18 heavy (non-hydrogen) atoms. The van der Waals surface area contributed by atoms with Crippen molar-refractivity contribution in [2.75, 3.05) is 13.2 Å². The first-order valence-electron chi connectivity index (χ1n) is 6.25. The molecule has 6 heteroatoms. The number of carboxylic acid groups (broad SMARTS) is 1. The van der Waals surface area contributed by atoms with Crippen LogP contribution in [0.4, 0.5) is 4.79 Å². The maximum absolute atomic E-state index is 12.0. The Bertz CT molecular complexity index is 281. The van der Waals surface area contributed by atoms with Gasteiger partial charge in [-0.2, -0.15) is 0 Å². The molecule has 0 saturated carbocycles. The molecule has 0 aromatic heterocycles. The summed E-state index contributed by atoms with van der Waals surface area (Å²) in [5, 5.41) is 20.5. The van der Waals surface area contributed by atoms with Crippen molar-refractivity contribution >= 4 is 12.0 Å². The van der Waals surface area contributed by atoms with Gasteiger partial charge in [-0.05, 0) is 19.8 Å². The van der Waals surface area contributed by atoms with Crippen molar-refractivity contribution in [2.45, 2.75) is 46.2 Å². The van der Waals surface area contributed by atoms with E-state index in [0.717, 1.165) is 0 Å². The SMILES string of the molecule is CCC(C)[C@H](NC(=O)N(CCO)C(C)C)C(=O)O. The molecule has 0 saturated heterocycles. The molecule has 106 valence electrons. The Balaban J connectivity index is 4.71. The highest BCUT2D eigenvalue weighted by molar-refractivity contribution is 5.82. The van der Waals surface area contributed by atoms with E-state index < -0.39 is 18.0 Å². The van der Waals surface area contributed by atoms with Gasteiger partial charge < -0.3 is 20.4 Å². The molecule has 3 N–H and O–H groups in total. The van der Waals surface area contributed by atoms with Gasteiger partial charge >= 0.3 is 12.0 Å². The zero-order chi connectivity index (χ0) is 14.3. The van der Waals surface area contributed by atoms with Gasteiger partial charge in [-0.3, -0.25) is 0 Å². The van der Waals surface area contributed by atoms with Crippen molar-refractivity contribution in [3.63, 3.8) is 0 Å². The van der Waals surface area contributed by atoms with Gasteiger partial charge in [0.2, 0.25) is 0 Å². The van der Waals surface area contributed by atoms with Gasteiger partial charge in [0.15, 0.2) is 0 Å². The second-order valence-electron chi connectivity index (χ2n) is 4.66. The zero-order valence-electron chi connectivity index (χ0n) is 11.5. The van der Waals surface area contributed by atoms with Gasteiger partial charge in [-0.15, -0.1) is 0 Å². The minimum Gasteiger partial charge on any atom is -0.480 e. The van der Waals surface area contributed by atoms with E-state index in [2.05, 4.69) is 5.32 Å². The average Bonchev–Trinajstić information content (AvgIpc) is 2.30. The number of hydrogen-bond donors (Lipinski definition) is 3. The number of nitrogens with zero attached hydrogens (tertiary/aromatic N) is 1. The highest BCUT2D eigenvalue weighted by Gasteiger charge is 2.27. The van der Waals surface area contributed by atoms with E-state index in [9.17, 15) is 9.59 Å². The summed E-state index contributed by atoms with van der Waals surface area (Å²) >= 11 is 0. The Labute approximate surface area is 108 Å². The molecule has 0 bridgehead atoms. The molecule has 1 unspecified atom stereocenters.